The summed E-state index contributed by atoms with van der Waals surface area (Å²) in [5.74, 6) is 0.933. The van der Waals surface area contributed by atoms with Gasteiger partial charge in [0.1, 0.15) is 5.75 Å². The quantitative estimate of drug-likeness (QED) is 0.826. The molecule has 0 atom stereocenters. The van der Waals surface area contributed by atoms with Crippen LogP contribution in [0.5, 0.6) is 5.75 Å². The molecule has 1 N–H and O–H groups in total. The molecule has 0 aliphatic rings. The number of benzene rings is 2. The van der Waals surface area contributed by atoms with Gasteiger partial charge in [-0.3, -0.25) is 0 Å². The van der Waals surface area contributed by atoms with E-state index in [1.807, 2.05) is 12.1 Å². The molecule has 0 aromatic heterocycles. The number of rotatable bonds is 6. The van der Waals surface area contributed by atoms with Gasteiger partial charge in [-0.2, -0.15) is 0 Å². The van der Waals surface area contributed by atoms with Crippen molar-refractivity contribution >= 4 is 5.69 Å². The molecule has 0 heterocycles. The van der Waals surface area contributed by atoms with E-state index >= 15 is 0 Å². The van der Waals surface area contributed by atoms with Gasteiger partial charge in [-0.25, -0.2) is 0 Å². The lowest BCUT2D eigenvalue weighted by Gasteiger charge is -2.09. The molecule has 0 radical (unpaired) electrons. The van der Waals surface area contributed by atoms with Crippen molar-refractivity contribution in [2.24, 2.45) is 0 Å². The van der Waals surface area contributed by atoms with Gasteiger partial charge in [-0.05, 0) is 43.2 Å². The van der Waals surface area contributed by atoms with Crippen LogP contribution in [0.25, 0.3) is 0 Å². The molecule has 2 heteroatoms. The predicted octanol–water partition coefficient (Wildman–Crippen LogP) is 4.40. The van der Waals surface area contributed by atoms with E-state index in [0.717, 1.165) is 31.0 Å². The Bertz CT molecular complexity index is 505. The first-order valence-electron chi connectivity index (χ1n) is 6.80. The molecule has 0 saturated heterocycles. The van der Waals surface area contributed by atoms with Crippen LogP contribution in [0.15, 0.2) is 48.5 Å². The monoisotopic (exact) mass is 255 g/mol. The van der Waals surface area contributed by atoms with Gasteiger partial charge in [0.25, 0.3) is 0 Å². The molecule has 100 valence electrons. The van der Waals surface area contributed by atoms with Crippen molar-refractivity contribution in [3.05, 3.63) is 59.7 Å². The largest absolute Gasteiger partial charge is 0.494 e. The first-order valence-corrected chi connectivity index (χ1v) is 6.80. The van der Waals surface area contributed by atoms with Crippen molar-refractivity contribution in [2.75, 3.05) is 11.9 Å². The molecule has 2 rings (SSSR count). The van der Waals surface area contributed by atoms with Crippen LogP contribution >= 0.6 is 0 Å². The summed E-state index contributed by atoms with van der Waals surface area (Å²) in [7, 11) is 0. The van der Waals surface area contributed by atoms with E-state index in [4.69, 9.17) is 4.74 Å². The second-order valence-electron chi connectivity index (χ2n) is 4.72. The van der Waals surface area contributed by atoms with Crippen LogP contribution in [-0.2, 0) is 6.54 Å². The van der Waals surface area contributed by atoms with Crippen LogP contribution in [-0.4, -0.2) is 6.61 Å². The average molecular weight is 255 g/mol. The third kappa shape index (κ3) is 4.32. The summed E-state index contributed by atoms with van der Waals surface area (Å²) >= 11 is 0. The van der Waals surface area contributed by atoms with E-state index in [1.54, 1.807) is 0 Å². The second-order valence-corrected chi connectivity index (χ2v) is 4.72. The molecule has 0 bridgehead atoms. The molecular formula is C17H21NO. The second kappa shape index (κ2) is 6.83. The molecule has 2 aromatic rings. The van der Waals surface area contributed by atoms with E-state index in [9.17, 15) is 0 Å². The number of aryl methyl sites for hydroxylation is 1. The maximum absolute atomic E-state index is 5.56. The van der Waals surface area contributed by atoms with Crippen molar-refractivity contribution in [1.29, 1.82) is 0 Å². The van der Waals surface area contributed by atoms with Gasteiger partial charge in [0, 0.05) is 12.2 Å². The molecule has 2 nitrogen and oxygen atoms in total. The van der Waals surface area contributed by atoms with Gasteiger partial charge in [0.05, 0.1) is 6.61 Å². The topological polar surface area (TPSA) is 21.3 Å². The average Bonchev–Trinajstić information content (AvgIpc) is 2.44. The lowest BCUT2D eigenvalue weighted by molar-refractivity contribution is 0.317. The van der Waals surface area contributed by atoms with Crippen molar-refractivity contribution in [2.45, 2.75) is 26.8 Å². The number of anilines is 1. The van der Waals surface area contributed by atoms with Crippen LogP contribution in [0, 0.1) is 6.92 Å². The summed E-state index contributed by atoms with van der Waals surface area (Å²) in [4.78, 5) is 0. The summed E-state index contributed by atoms with van der Waals surface area (Å²) in [5.41, 5.74) is 3.71. The lowest BCUT2D eigenvalue weighted by Crippen LogP contribution is -2.00. The minimum absolute atomic E-state index is 0.774. The molecule has 19 heavy (non-hydrogen) atoms. The fraction of sp³-hybridized carbons (Fsp3) is 0.294. The highest BCUT2D eigenvalue weighted by atomic mass is 16.5. The molecule has 0 amide bonds. The fourth-order valence-corrected chi connectivity index (χ4v) is 1.92. The summed E-state index contributed by atoms with van der Waals surface area (Å²) in [6.07, 6.45) is 1.04. The molecular weight excluding hydrogens is 234 g/mol. The molecule has 2 aromatic carbocycles. The van der Waals surface area contributed by atoms with E-state index < -0.39 is 0 Å². The first kappa shape index (κ1) is 13.5. The Kier molecular flexibility index (Phi) is 4.85. The zero-order valence-corrected chi connectivity index (χ0v) is 11.6. The third-order valence-corrected chi connectivity index (χ3v) is 2.91. The highest BCUT2D eigenvalue weighted by Crippen LogP contribution is 2.16. The van der Waals surface area contributed by atoms with Gasteiger partial charge in [0.2, 0.25) is 0 Å². The zero-order chi connectivity index (χ0) is 13.5. The Morgan fingerprint density at radius 3 is 2.53 bits per heavy atom. The summed E-state index contributed by atoms with van der Waals surface area (Å²) < 4.78 is 5.56. The highest BCUT2D eigenvalue weighted by Gasteiger charge is 1.96. The molecule has 0 aliphatic carbocycles. The van der Waals surface area contributed by atoms with Crippen LogP contribution < -0.4 is 10.1 Å². The maximum atomic E-state index is 5.56. The third-order valence-electron chi connectivity index (χ3n) is 2.91. The molecule has 0 spiro atoms. The minimum atomic E-state index is 0.774. The number of hydrogen-bond acceptors (Lipinski definition) is 2. The van der Waals surface area contributed by atoms with Gasteiger partial charge < -0.3 is 10.1 Å². The van der Waals surface area contributed by atoms with E-state index in [1.165, 1.54) is 11.1 Å². The number of hydrogen-bond donors (Lipinski definition) is 1. The van der Waals surface area contributed by atoms with Gasteiger partial charge >= 0.3 is 0 Å². The van der Waals surface area contributed by atoms with E-state index in [0.29, 0.717) is 0 Å². The first-order chi connectivity index (χ1) is 9.28. The Labute approximate surface area is 115 Å². The predicted molar refractivity (Wildman–Crippen MR) is 80.7 cm³/mol. The van der Waals surface area contributed by atoms with Crippen LogP contribution in [0.2, 0.25) is 0 Å². The van der Waals surface area contributed by atoms with Crippen LogP contribution in [0.3, 0.4) is 0 Å². The highest BCUT2D eigenvalue weighted by molar-refractivity contribution is 5.46. The Morgan fingerprint density at radius 2 is 1.84 bits per heavy atom. The minimum Gasteiger partial charge on any atom is -0.494 e. The number of ether oxygens (including phenoxy) is 1. The van der Waals surface area contributed by atoms with E-state index in [-0.39, 0.29) is 0 Å². The smallest absolute Gasteiger partial charge is 0.119 e. The molecule has 0 unspecified atom stereocenters. The Balaban J connectivity index is 1.89. The van der Waals surface area contributed by atoms with Crippen molar-refractivity contribution in [3.8, 4) is 5.75 Å². The molecule has 0 aliphatic heterocycles. The fourth-order valence-electron chi connectivity index (χ4n) is 1.92. The summed E-state index contributed by atoms with van der Waals surface area (Å²) in [6.45, 7) is 5.84. The SMILES string of the molecule is CCCOc1ccc(NCc2cccc(C)c2)cc1. The summed E-state index contributed by atoms with van der Waals surface area (Å²) in [5, 5.41) is 3.42. The van der Waals surface area contributed by atoms with E-state index in [2.05, 4.69) is 55.6 Å². The normalized spacial score (nSPS) is 10.2. The van der Waals surface area contributed by atoms with Crippen LogP contribution in [0.1, 0.15) is 24.5 Å². The van der Waals surface area contributed by atoms with Gasteiger partial charge in [0.15, 0.2) is 0 Å². The summed E-state index contributed by atoms with van der Waals surface area (Å²) in [6, 6.07) is 16.7. The van der Waals surface area contributed by atoms with Crippen molar-refractivity contribution in [3.63, 3.8) is 0 Å². The van der Waals surface area contributed by atoms with Crippen molar-refractivity contribution in [1.82, 2.24) is 0 Å². The van der Waals surface area contributed by atoms with Crippen molar-refractivity contribution < 1.29 is 4.74 Å². The molecule has 0 fully saturated rings. The number of nitrogens with one attached hydrogen (secondary N) is 1. The maximum Gasteiger partial charge on any atom is 0.119 e. The molecule has 0 saturated carbocycles. The zero-order valence-electron chi connectivity index (χ0n) is 11.6. The Morgan fingerprint density at radius 1 is 1.05 bits per heavy atom. The lowest BCUT2D eigenvalue weighted by atomic mass is 10.1. The Hall–Kier alpha value is -1.96. The van der Waals surface area contributed by atoms with Gasteiger partial charge in [-0.1, -0.05) is 36.8 Å². The standard InChI is InChI=1S/C17H21NO/c1-3-11-19-17-9-7-16(8-10-17)18-13-15-6-4-5-14(2)12-15/h4-10,12,18H,3,11,13H2,1-2H3. The van der Waals surface area contributed by atoms with Gasteiger partial charge in [-0.15, -0.1) is 0 Å². The van der Waals surface area contributed by atoms with Crippen LogP contribution in [0.4, 0.5) is 5.69 Å².